The molecule has 2 nitrogen and oxygen atoms in total. The van der Waals surface area contributed by atoms with Crippen molar-refractivity contribution in [2.24, 2.45) is 5.92 Å². The predicted octanol–water partition coefficient (Wildman–Crippen LogP) is 2.94. The fourth-order valence-electron chi connectivity index (χ4n) is 3.23. The van der Waals surface area contributed by atoms with Gasteiger partial charge in [0, 0.05) is 31.6 Å². The molecule has 1 saturated heterocycles. The highest BCUT2D eigenvalue weighted by Gasteiger charge is 2.29. The smallest absolute Gasteiger partial charge is 0.0244 e. The van der Waals surface area contributed by atoms with E-state index < -0.39 is 0 Å². The molecule has 114 valence electrons. The van der Waals surface area contributed by atoms with Gasteiger partial charge in [0.15, 0.2) is 0 Å². The van der Waals surface area contributed by atoms with Gasteiger partial charge in [-0.05, 0) is 30.9 Å². The van der Waals surface area contributed by atoms with Crippen LogP contribution in [-0.4, -0.2) is 36.6 Å². The monoisotopic (exact) mass is 284 g/mol. The lowest BCUT2D eigenvalue weighted by Crippen LogP contribution is -2.58. The maximum atomic E-state index is 5.39. The Bertz CT molecular complexity index is 446. The highest BCUT2D eigenvalue weighted by atomic mass is 15.2. The van der Waals surface area contributed by atoms with Gasteiger partial charge in [0.05, 0.1) is 0 Å². The van der Waals surface area contributed by atoms with Crippen LogP contribution in [0.1, 0.15) is 32.3 Å². The second kappa shape index (κ2) is 8.22. The molecule has 1 aliphatic rings. The first kappa shape index (κ1) is 16.1. The van der Waals surface area contributed by atoms with Crippen molar-refractivity contribution in [1.29, 1.82) is 0 Å². The SMILES string of the molecule is C#CCCCN1CC(Cc2ccccc2)NCC1C(C)C. The van der Waals surface area contributed by atoms with Crippen LogP contribution in [0.25, 0.3) is 0 Å². The minimum absolute atomic E-state index is 0.549. The number of nitrogens with zero attached hydrogens (tertiary/aromatic N) is 1. The Morgan fingerprint density at radius 2 is 2.10 bits per heavy atom. The first-order chi connectivity index (χ1) is 10.2. The second-order valence-corrected chi connectivity index (χ2v) is 6.41. The molecule has 0 amide bonds. The number of unbranched alkanes of at least 4 members (excludes halogenated alkanes) is 1. The van der Waals surface area contributed by atoms with E-state index in [0.29, 0.717) is 18.0 Å². The van der Waals surface area contributed by atoms with Crippen LogP contribution in [0.2, 0.25) is 0 Å². The summed E-state index contributed by atoms with van der Waals surface area (Å²) in [5.74, 6) is 3.44. The van der Waals surface area contributed by atoms with Crippen molar-refractivity contribution in [3.63, 3.8) is 0 Å². The summed E-state index contributed by atoms with van der Waals surface area (Å²) in [4.78, 5) is 2.64. The van der Waals surface area contributed by atoms with Gasteiger partial charge in [-0.15, -0.1) is 12.3 Å². The first-order valence-electron chi connectivity index (χ1n) is 8.15. The number of hydrogen-bond acceptors (Lipinski definition) is 2. The van der Waals surface area contributed by atoms with Crippen molar-refractivity contribution in [3.05, 3.63) is 35.9 Å². The van der Waals surface area contributed by atoms with Gasteiger partial charge in [-0.3, -0.25) is 4.90 Å². The molecule has 2 atom stereocenters. The van der Waals surface area contributed by atoms with Crippen LogP contribution in [0.3, 0.4) is 0 Å². The van der Waals surface area contributed by atoms with Crippen LogP contribution in [0, 0.1) is 18.3 Å². The van der Waals surface area contributed by atoms with Gasteiger partial charge >= 0.3 is 0 Å². The number of terminal acetylenes is 1. The number of hydrogen-bond donors (Lipinski definition) is 1. The molecule has 0 spiro atoms. The standard InChI is InChI=1S/C19H28N2/c1-4-5-9-12-21-15-18(20-14-19(21)16(2)3)13-17-10-7-6-8-11-17/h1,6-8,10-11,16,18-20H,5,9,12-15H2,2-3H3. The van der Waals surface area contributed by atoms with E-state index in [1.807, 2.05) is 0 Å². The van der Waals surface area contributed by atoms with Crippen molar-refractivity contribution in [1.82, 2.24) is 10.2 Å². The van der Waals surface area contributed by atoms with Gasteiger partial charge in [-0.25, -0.2) is 0 Å². The molecule has 1 aliphatic heterocycles. The molecule has 1 heterocycles. The van der Waals surface area contributed by atoms with Gasteiger partial charge < -0.3 is 5.32 Å². The molecule has 2 heteroatoms. The van der Waals surface area contributed by atoms with Crippen molar-refractivity contribution >= 4 is 0 Å². The van der Waals surface area contributed by atoms with Crippen molar-refractivity contribution in [2.75, 3.05) is 19.6 Å². The third-order valence-electron chi connectivity index (χ3n) is 4.40. The Labute approximate surface area is 129 Å². The Balaban J connectivity index is 1.93. The Hall–Kier alpha value is -1.30. The molecule has 2 rings (SSSR count). The topological polar surface area (TPSA) is 15.3 Å². The zero-order chi connectivity index (χ0) is 15.1. The fourth-order valence-corrected chi connectivity index (χ4v) is 3.23. The minimum Gasteiger partial charge on any atom is -0.311 e. The van der Waals surface area contributed by atoms with Crippen LogP contribution >= 0.6 is 0 Å². The van der Waals surface area contributed by atoms with Crippen molar-refractivity contribution < 1.29 is 0 Å². The van der Waals surface area contributed by atoms with Crippen LogP contribution in [0.5, 0.6) is 0 Å². The van der Waals surface area contributed by atoms with Crippen LogP contribution in [-0.2, 0) is 6.42 Å². The van der Waals surface area contributed by atoms with Crippen LogP contribution in [0.4, 0.5) is 0 Å². The van der Waals surface area contributed by atoms with E-state index in [4.69, 9.17) is 6.42 Å². The third-order valence-corrected chi connectivity index (χ3v) is 4.40. The van der Waals surface area contributed by atoms with Gasteiger partial charge in [-0.2, -0.15) is 0 Å². The normalized spacial score (nSPS) is 23.1. The van der Waals surface area contributed by atoms with Gasteiger partial charge in [0.1, 0.15) is 0 Å². The zero-order valence-electron chi connectivity index (χ0n) is 13.4. The Morgan fingerprint density at radius 3 is 2.76 bits per heavy atom. The molecule has 0 saturated carbocycles. The average molecular weight is 284 g/mol. The summed E-state index contributed by atoms with van der Waals surface area (Å²) < 4.78 is 0. The van der Waals surface area contributed by atoms with Gasteiger partial charge in [0.2, 0.25) is 0 Å². The van der Waals surface area contributed by atoms with Crippen molar-refractivity contribution in [3.8, 4) is 12.3 Å². The molecule has 0 aromatic heterocycles. The first-order valence-corrected chi connectivity index (χ1v) is 8.15. The molecule has 1 fully saturated rings. The summed E-state index contributed by atoms with van der Waals surface area (Å²) in [7, 11) is 0. The number of piperazine rings is 1. The Kier molecular flexibility index (Phi) is 6.29. The summed E-state index contributed by atoms with van der Waals surface area (Å²) in [6, 6.07) is 12.0. The lowest BCUT2D eigenvalue weighted by atomic mass is 9.95. The molecular weight excluding hydrogens is 256 g/mol. The lowest BCUT2D eigenvalue weighted by molar-refractivity contribution is 0.0975. The molecule has 21 heavy (non-hydrogen) atoms. The number of rotatable bonds is 6. The van der Waals surface area contributed by atoms with Crippen molar-refractivity contribution in [2.45, 2.75) is 45.2 Å². The fraction of sp³-hybridized carbons (Fsp3) is 0.579. The molecule has 2 unspecified atom stereocenters. The molecule has 0 aliphatic carbocycles. The van der Waals surface area contributed by atoms with E-state index in [9.17, 15) is 0 Å². The molecule has 0 radical (unpaired) electrons. The highest BCUT2D eigenvalue weighted by molar-refractivity contribution is 5.16. The zero-order valence-corrected chi connectivity index (χ0v) is 13.4. The third kappa shape index (κ3) is 4.88. The average Bonchev–Trinajstić information content (AvgIpc) is 2.48. The Morgan fingerprint density at radius 1 is 1.33 bits per heavy atom. The summed E-state index contributed by atoms with van der Waals surface area (Å²) in [5.41, 5.74) is 1.42. The summed E-state index contributed by atoms with van der Waals surface area (Å²) in [5, 5.41) is 3.74. The minimum atomic E-state index is 0.549. The summed E-state index contributed by atoms with van der Waals surface area (Å²) >= 11 is 0. The highest BCUT2D eigenvalue weighted by Crippen LogP contribution is 2.17. The maximum Gasteiger partial charge on any atom is 0.0244 e. The molecule has 0 bridgehead atoms. The molecule has 1 aromatic rings. The maximum absolute atomic E-state index is 5.39. The largest absolute Gasteiger partial charge is 0.311 e. The summed E-state index contributed by atoms with van der Waals surface area (Å²) in [6.45, 7) is 7.98. The number of nitrogens with one attached hydrogen (secondary N) is 1. The quantitative estimate of drug-likeness (QED) is 0.638. The summed E-state index contributed by atoms with van der Waals surface area (Å²) in [6.07, 6.45) is 8.49. The van der Waals surface area contributed by atoms with Gasteiger partial charge in [0.25, 0.3) is 0 Å². The van der Waals surface area contributed by atoms with Crippen LogP contribution < -0.4 is 5.32 Å². The molecular formula is C19H28N2. The lowest BCUT2D eigenvalue weighted by Gasteiger charge is -2.42. The van der Waals surface area contributed by atoms with E-state index in [1.54, 1.807) is 0 Å². The van der Waals surface area contributed by atoms with E-state index in [2.05, 4.69) is 60.3 Å². The van der Waals surface area contributed by atoms with E-state index in [0.717, 1.165) is 38.9 Å². The number of benzene rings is 1. The molecule has 1 aromatic carbocycles. The van der Waals surface area contributed by atoms with E-state index in [1.165, 1.54) is 5.56 Å². The van der Waals surface area contributed by atoms with E-state index in [-0.39, 0.29) is 0 Å². The van der Waals surface area contributed by atoms with Crippen LogP contribution in [0.15, 0.2) is 30.3 Å². The van der Waals surface area contributed by atoms with E-state index >= 15 is 0 Å². The second-order valence-electron chi connectivity index (χ2n) is 6.41. The molecule has 1 N–H and O–H groups in total. The predicted molar refractivity (Wildman–Crippen MR) is 90.2 cm³/mol. The van der Waals surface area contributed by atoms with Gasteiger partial charge in [-0.1, -0.05) is 44.2 Å².